The first-order chi connectivity index (χ1) is 16.5. The third kappa shape index (κ3) is 3.74. The molecule has 1 fully saturated rings. The minimum absolute atomic E-state index is 0.285. The summed E-state index contributed by atoms with van der Waals surface area (Å²) in [5.74, 6) is 1.94. The molecule has 3 aromatic carbocycles. The number of aryl methyl sites for hydroxylation is 1. The van der Waals surface area contributed by atoms with Crippen LogP contribution >= 0.6 is 0 Å². The molecule has 1 atom stereocenters. The number of hydrogen-bond acceptors (Lipinski definition) is 3. The van der Waals surface area contributed by atoms with Crippen molar-refractivity contribution in [1.29, 1.82) is 0 Å². The van der Waals surface area contributed by atoms with Gasteiger partial charge in [0.2, 0.25) is 0 Å². The van der Waals surface area contributed by atoms with Crippen LogP contribution in [0, 0.1) is 6.92 Å². The summed E-state index contributed by atoms with van der Waals surface area (Å²) in [5.41, 5.74) is 8.06. The lowest BCUT2D eigenvalue weighted by molar-refractivity contribution is 0.308. The van der Waals surface area contributed by atoms with Crippen LogP contribution in [0.2, 0.25) is 0 Å². The molecule has 0 amide bonds. The number of fused-ring (bicyclic) bond motifs is 1. The van der Waals surface area contributed by atoms with Gasteiger partial charge in [0.25, 0.3) is 0 Å². The van der Waals surface area contributed by atoms with Crippen LogP contribution in [-0.2, 0) is 0 Å². The van der Waals surface area contributed by atoms with Gasteiger partial charge in [-0.25, -0.2) is 9.97 Å². The van der Waals surface area contributed by atoms with E-state index in [0.29, 0.717) is 0 Å². The van der Waals surface area contributed by atoms with Crippen molar-refractivity contribution in [3.05, 3.63) is 96.9 Å². The minimum atomic E-state index is 0.285. The molecule has 1 aliphatic heterocycles. The van der Waals surface area contributed by atoms with E-state index in [4.69, 9.17) is 0 Å². The Morgan fingerprint density at radius 1 is 0.794 bits per heavy atom. The summed E-state index contributed by atoms with van der Waals surface area (Å²) < 4.78 is 0. The monoisotopic (exact) mass is 445 g/mol. The summed E-state index contributed by atoms with van der Waals surface area (Å²) in [6.45, 7) is 7.04. The highest BCUT2D eigenvalue weighted by Gasteiger charge is 2.27. The second-order valence-corrected chi connectivity index (χ2v) is 9.30. The molecule has 5 nitrogen and oxygen atoms in total. The van der Waals surface area contributed by atoms with Gasteiger partial charge in [0.1, 0.15) is 11.6 Å². The van der Waals surface area contributed by atoms with Crippen LogP contribution in [0.25, 0.3) is 44.4 Å². The molecule has 3 heterocycles. The van der Waals surface area contributed by atoms with Crippen molar-refractivity contribution in [2.24, 2.45) is 0 Å². The van der Waals surface area contributed by atoms with Crippen LogP contribution < -0.4 is 0 Å². The molecule has 0 aliphatic carbocycles. The van der Waals surface area contributed by atoms with Crippen LogP contribution in [0.5, 0.6) is 0 Å². The number of hydrogen-bond donors (Lipinski definition) is 2. The zero-order valence-electron chi connectivity index (χ0n) is 19.5. The maximum absolute atomic E-state index is 4.68. The van der Waals surface area contributed by atoms with Crippen LogP contribution in [0.3, 0.4) is 0 Å². The summed E-state index contributed by atoms with van der Waals surface area (Å²) in [7, 11) is 2.13. The van der Waals surface area contributed by atoms with Crippen molar-refractivity contribution in [2.45, 2.75) is 19.4 Å². The average molecular weight is 446 g/mol. The molecular weight excluding hydrogens is 418 g/mol. The Morgan fingerprint density at radius 2 is 1.41 bits per heavy atom. The lowest BCUT2D eigenvalue weighted by atomic mass is 9.98. The summed E-state index contributed by atoms with van der Waals surface area (Å²) in [4.78, 5) is 18.1. The number of rotatable bonds is 4. The number of likely N-dealkylation sites (N-methyl/N-ethyl adjacent to an activating group) is 1. The smallest absolute Gasteiger partial charge is 0.124 e. The minimum Gasteiger partial charge on any atom is -0.342 e. The maximum Gasteiger partial charge on any atom is 0.124 e. The molecule has 0 radical (unpaired) electrons. The Hall–Kier alpha value is -3.96. The summed E-state index contributed by atoms with van der Waals surface area (Å²) >= 11 is 0. The fraction of sp³-hybridized carbons (Fsp3) is 0.172. The van der Waals surface area contributed by atoms with Crippen molar-refractivity contribution in [3.8, 4) is 33.6 Å². The van der Waals surface area contributed by atoms with Gasteiger partial charge in [-0.15, -0.1) is 0 Å². The molecule has 5 aromatic rings. The molecule has 6 rings (SSSR count). The standard InChI is InChI=1S/C29H27N5/c1-18-12-28(34(3)17-18)29-31-16-27(33-29)25-11-10-23-13-22(8-9-24(23)14-25)20-4-6-21(7-5-20)26-15-30-19(2)32-26/h4-11,13-16,28H,1,12,17H2,2-3H3,(H,30,32)(H,31,33)/t28-/m0/s1. The Bertz CT molecular complexity index is 1510. The number of aromatic amines is 2. The highest BCUT2D eigenvalue weighted by molar-refractivity contribution is 5.90. The summed E-state index contributed by atoms with van der Waals surface area (Å²) in [6.07, 6.45) is 4.79. The predicted octanol–water partition coefficient (Wildman–Crippen LogP) is 6.53. The van der Waals surface area contributed by atoms with Crippen LogP contribution in [-0.4, -0.2) is 38.4 Å². The molecule has 2 aromatic heterocycles. The van der Waals surface area contributed by atoms with E-state index in [2.05, 4.69) is 99.1 Å². The number of benzene rings is 3. The number of imidazole rings is 2. The molecular formula is C29H27N5. The SMILES string of the molecule is C=C1C[C@@H](c2ncc(-c3ccc4cc(-c5ccc(-c6cnc(C)[nH]6)cc5)ccc4c3)[nH]2)N(C)C1. The molecule has 1 saturated heterocycles. The van der Waals surface area contributed by atoms with Crippen LogP contribution in [0.1, 0.15) is 24.1 Å². The topological polar surface area (TPSA) is 60.6 Å². The van der Waals surface area contributed by atoms with Gasteiger partial charge < -0.3 is 9.97 Å². The van der Waals surface area contributed by atoms with E-state index in [1.165, 1.54) is 27.5 Å². The molecule has 0 saturated carbocycles. The zero-order valence-corrected chi connectivity index (χ0v) is 19.5. The van der Waals surface area contributed by atoms with E-state index in [0.717, 1.165) is 47.1 Å². The van der Waals surface area contributed by atoms with Gasteiger partial charge in [-0.05, 0) is 60.0 Å². The largest absolute Gasteiger partial charge is 0.342 e. The second kappa shape index (κ2) is 8.12. The van der Waals surface area contributed by atoms with Gasteiger partial charge >= 0.3 is 0 Å². The molecule has 34 heavy (non-hydrogen) atoms. The highest BCUT2D eigenvalue weighted by Crippen LogP contribution is 2.33. The Balaban J connectivity index is 1.26. The van der Waals surface area contributed by atoms with E-state index in [1.807, 2.05) is 19.3 Å². The van der Waals surface area contributed by atoms with E-state index in [9.17, 15) is 0 Å². The number of nitrogens with one attached hydrogen (secondary N) is 2. The molecule has 0 spiro atoms. The molecule has 2 N–H and O–H groups in total. The van der Waals surface area contributed by atoms with Gasteiger partial charge in [-0.3, -0.25) is 4.90 Å². The van der Waals surface area contributed by atoms with E-state index >= 15 is 0 Å². The molecule has 0 bridgehead atoms. The Kier molecular flexibility index (Phi) is 4.93. The fourth-order valence-corrected chi connectivity index (χ4v) is 4.92. The lowest BCUT2D eigenvalue weighted by Crippen LogP contribution is -2.18. The zero-order chi connectivity index (χ0) is 23.2. The van der Waals surface area contributed by atoms with E-state index < -0.39 is 0 Å². The van der Waals surface area contributed by atoms with Crippen LogP contribution in [0.4, 0.5) is 0 Å². The number of likely N-dealkylation sites (tertiary alicyclic amines) is 1. The highest BCUT2D eigenvalue weighted by atomic mass is 15.2. The third-order valence-corrected chi connectivity index (χ3v) is 6.78. The van der Waals surface area contributed by atoms with Crippen molar-refractivity contribution < 1.29 is 0 Å². The third-order valence-electron chi connectivity index (χ3n) is 6.78. The van der Waals surface area contributed by atoms with Gasteiger partial charge in [0.15, 0.2) is 0 Å². The molecule has 0 unspecified atom stereocenters. The normalized spacial score (nSPS) is 16.5. The fourth-order valence-electron chi connectivity index (χ4n) is 4.92. The van der Waals surface area contributed by atoms with Crippen molar-refractivity contribution in [3.63, 3.8) is 0 Å². The van der Waals surface area contributed by atoms with Gasteiger partial charge in [0, 0.05) is 12.1 Å². The molecule has 168 valence electrons. The summed E-state index contributed by atoms with van der Waals surface area (Å²) in [5, 5.41) is 2.44. The van der Waals surface area contributed by atoms with Crippen LogP contribution in [0.15, 0.2) is 85.2 Å². The number of nitrogens with zero attached hydrogens (tertiary/aromatic N) is 3. The molecule has 5 heteroatoms. The predicted molar refractivity (Wildman–Crippen MR) is 138 cm³/mol. The van der Waals surface area contributed by atoms with E-state index in [-0.39, 0.29) is 6.04 Å². The van der Waals surface area contributed by atoms with Crippen molar-refractivity contribution >= 4 is 10.8 Å². The van der Waals surface area contributed by atoms with Gasteiger partial charge in [-0.2, -0.15) is 0 Å². The first-order valence-corrected chi connectivity index (χ1v) is 11.6. The first kappa shape index (κ1) is 20.6. The maximum atomic E-state index is 4.68. The van der Waals surface area contributed by atoms with Crippen molar-refractivity contribution in [1.82, 2.24) is 24.8 Å². The second-order valence-electron chi connectivity index (χ2n) is 9.30. The summed E-state index contributed by atoms with van der Waals surface area (Å²) in [6, 6.07) is 22.2. The van der Waals surface area contributed by atoms with E-state index in [1.54, 1.807) is 0 Å². The molecule has 1 aliphatic rings. The van der Waals surface area contributed by atoms with Crippen molar-refractivity contribution in [2.75, 3.05) is 13.6 Å². The Labute approximate surface area is 199 Å². The number of aromatic nitrogens is 4. The van der Waals surface area contributed by atoms with Gasteiger partial charge in [0.05, 0.1) is 29.8 Å². The quantitative estimate of drug-likeness (QED) is 0.309. The van der Waals surface area contributed by atoms with Gasteiger partial charge in [-0.1, -0.05) is 60.7 Å². The first-order valence-electron chi connectivity index (χ1n) is 11.6. The Morgan fingerprint density at radius 3 is 2.09 bits per heavy atom. The average Bonchev–Trinajstić information content (AvgIpc) is 3.58. The number of H-pyrrole nitrogens is 2. The lowest BCUT2D eigenvalue weighted by Gasteiger charge is -2.16.